The van der Waals surface area contributed by atoms with Gasteiger partial charge in [0.05, 0.1) is 12.5 Å². The highest BCUT2D eigenvalue weighted by Crippen LogP contribution is 2.19. The molecule has 0 fully saturated rings. The van der Waals surface area contributed by atoms with Crippen molar-refractivity contribution < 1.29 is 19.1 Å². The molecule has 0 heterocycles. The molecular formula is C10H11FN2O3. The molecule has 1 rings (SSSR count). The van der Waals surface area contributed by atoms with Crippen molar-refractivity contribution in [3.63, 3.8) is 0 Å². The van der Waals surface area contributed by atoms with Crippen molar-refractivity contribution >= 4 is 12.0 Å². The summed E-state index contributed by atoms with van der Waals surface area (Å²) in [6.45, 7) is 0. The standard InChI is InChI=1S/C10H11FN2O3/c11-7-4-2-1-3-6(7)8(5-9(14)15)13-10(12)16/h1-4,8H,5H2,(H,14,15)(H3,12,13,16)/t8-/m1/s1. The fraction of sp³-hybridized carbons (Fsp3) is 0.200. The van der Waals surface area contributed by atoms with Crippen molar-refractivity contribution in [3.05, 3.63) is 35.6 Å². The number of urea groups is 1. The molecule has 0 spiro atoms. The molecule has 0 aromatic heterocycles. The summed E-state index contributed by atoms with van der Waals surface area (Å²) in [4.78, 5) is 21.2. The Morgan fingerprint density at radius 3 is 2.56 bits per heavy atom. The van der Waals surface area contributed by atoms with Gasteiger partial charge in [0.1, 0.15) is 5.82 Å². The highest BCUT2D eigenvalue weighted by Gasteiger charge is 2.19. The van der Waals surface area contributed by atoms with Crippen LogP contribution < -0.4 is 11.1 Å². The Morgan fingerprint density at radius 1 is 1.44 bits per heavy atom. The van der Waals surface area contributed by atoms with Crippen LogP contribution in [0.5, 0.6) is 0 Å². The Kier molecular flexibility index (Phi) is 3.82. The van der Waals surface area contributed by atoms with E-state index in [1.807, 2.05) is 0 Å². The first-order valence-electron chi connectivity index (χ1n) is 4.53. The van der Waals surface area contributed by atoms with E-state index in [2.05, 4.69) is 5.32 Å². The Bertz CT molecular complexity index is 393. The van der Waals surface area contributed by atoms with Crippen molar-refractivity contribution in [2.45, 2.75) is 12.5 Å². The summed E-state index contributed by atoms with van der Waals surface area (Å²) >= 11 is 0. The van der Waals surface area contributed by atoms with E-state index < -0.39 is 30.3 Å². The molecule has 0 aliphatic carbocycles. The lowest BCUT2D eigenvalue weighted by molar-refractivity contribution is -0.137. The molecule has 6 heteroatoms. The SMILES string of the molecule is NC(=O)N[C@H](CC(=O)O)c1ccccc1F. The second-order valence-corrected chi connectivity index (χ2v) is 3.18. The molecule has 16 heavy (non-hydrogen) atoms. The summed E-state index contributed by atoms with van der Waals surface area (Å²) in [7, 11) is 0. The van der Waals surface area contributed by atoms with Crippen LogP contribution in [0.4, 0.5) is 9.18 Å². The number of amides is 2. The topological polar surface area (TPSA) is 92.4 Å². The maximum absolute atomic E-state index is 13.4. The van der Waals surface area contributed by atoms with Crippen LogP contribution in [0.15, 0.2) is 24.3 Å². The van der Waals surface area contributed by atoms with E-state index in [0.29, 0.717) is 0 Å². The van der Waals surface area contributed by atoms with Crippen molar-refractivity contribution in [1.29, 1.82) is 0 Å². The molecule has 0 bridgehead atoms. The monoisotopic (exact) mass is 226 g/mol. The first kappa shape index (κ1) is 12.0. The predicted octanol–water partition coefficient (Wildman–Crippen LogP) is 1.01. The van der Waals surface area contributed by atoms with E-state index in [9.17, 15) is 14.0 Å². The molecule has 0 aliphatic heterocycles. The van der Waals surface area contributed by atoms with Gasteiger partial charge in [0.2, 0.25) is 0 Å². The molecule has 86 valence electrons. The average molecular weight is 226 g/mol. The molecule has 5 nitrogen and oxygen atoms in total. The fourth-order valence-electron chi connectivity index (χ4n) is 1.34. The van der Waals surface area contributed by atoms with Crippen LogP contribution >= 0.6 is 0 Å². The second kappa shape index (κ2) is 5.11. The van der Waals surface area contributed by atoms with Crippen molar-refractivity contribution in [1.82, 2.24) is 5.32 Å². The number of carbonyl (C=O) groups excluding carboxylic acids is 1. The minimum atomic E-state index is -1.15. The van der Waals surface area contributed by atoms with E-state index in [4.69, 9.17) is 10.8 Å². The van der Waals surface area contributed by atoms with Gasteiger partial charge in [-0.3, -0.25) is 4.79 Å². The number of halogens is 1. The third-order valence-electron chi connectivity index (χ3n) is 1.98. The third kappa shape index (κ3) is 3.23. The van der Waals surface area contributed by atoms with Crippen LogP contribution in [0.1, 0.15) is 18.0 Å². The zero-order valence-electron chi connectivity index (χ0n) is 8.31. The van der Waals surface area contributed by atoms with Gasteiger partial charge in [0, 0.05) is 5.56 Å². The van der Waals surface area contributed by atoms with Gasteiger partial charge in [-0.15, -0.1) is 0 Å². The Hall–Kier alpha value is -2.11. The summed E-state index contributed by atoms with van der Waals surface area (Å²) < 4.78 is 13.4. The van der Waals surface area contributed by atoms with Crippen LogP contribution in [0, 0.1) is 5.82 Å². The molecule has 0 aliphatic rings. The van der Waals surface area contributed by atoms with E-state index in [0.717, 1.165) is 0 Å². The molecule has 1 atom stereocenters. The van der Waals surface area contributed by atoms with Gasteiger partial charge in [-0.2, -0.15) is 0 Å². The fourth-order valence-corrected chi connectivity index (χ4v) is 1.34. The second-order valence-electron chi connectivity index (χ2n) is 3.18. The zero-order valence-corrected chi connectivity index (χ0v) is 8.31. The average Bonchev–Trinajstić information content (AvgIpc) is 2.15. The van der Waals surface area contributed by atoms with E-state index >= 15 is 0 Å². The number of benzene rings is 1. The summed E-state index contributed by atoms with van der Waals surface area (Å²) in [6, 6.07) is 3.76. The number of nitrogens with two attached hydrogens (primary N) is 1. The van der Waals surface area contributed by atoms with Gasteiger partial charge in [0.15, 0.2) is 0 Å². The van der Waals surface area contributed by atoms with Crippen LogP contribution in [0.3, 0.4) is 0 Å². The molecular weight excluding hydrogens is 215 g/mol. The van der Waals surface area contributed by atoms with E-state index in [-0.39, 0.29) is 5.56 Å². The number of hydrogen-bond acceptors (Lipinski definition) is 2. The molecule has 1 aromatic rings. The largest absolute Gasteiger partial charge is 0.481 e. The highest BCUT2D eigenvalue weighted by atomic mass is 19.1. The number of carbonyl (C=O) groups is 2. The number of rotatable bonds is 4. The normalized spacial score (nSPS) is 11.8. The number of carboxylic acids is 1. The third-order valence-corrected chi connectivity index (χ3v) is 1.98. The van der Waals surface area contributed by atoms with Crippen molar-refractivity contribution in [2.24, 2.45) is 5.73 Å². The first-order valence-corrected chi connectivity index (χ1v) is 4.53. The summed E-state index contributed by atoms with van der Waals surface area (Å²) in [5, 5.41) is 10.8. The lowest BCUT2D eigenvalue weighted by Crippen LogP contribution is -2.34. The van der Waals surface area contributed by atoms with Crippen LogP contribution in [0.2, 0.25) is 0 Å². The highest BCUT2D eigenvalue weighted by molar-refractivity contribution is 5.74. The molecule has 0 unspecified atom stereocenters. The molecule has 0 saturated carbocycles. The molecule has 0 saturated heterocycles. The molecule has 1 aromatic carbocycles. The molecule has 2 amide bonds. The Morgan fingerprint density at radius 2 is 2.06 bits per heavy atom. The Labute approximate surface area is 91.1 Å². The summed E-state index contributed by atoms with van der Waals surface area (Å²) in [5.41, 5.74) is 4.99. The first-order chi connectivity index (χ1) is 7.50. The van der Waals surface area contributed by atoms with Gasteiger partial charge >= 0.3 is 12.0 Å². The quantitative estimate of drug-likeness (QED) is 0.715. The van der Waals surface area contributed by atoms with Gasteiger partial charge in [-0.05, 0) is 6.07 Å². The smallest absolute Gasteiger partial charge is 0.312 e. The van der Waals surface area contributed by atoms with Gasteiger partial charge < -0.3 is 16.2 Å². The molecule has 4 N–H and O–H groups in total. The zero-order chi connectivity index (χ0) is 12.1. The van der Waals surface area contributed by atoms with Gasteiger partial charge in [0.25, 0.3) is 0 Å². The van der Waals surface area contributed by atoms with Crippen molar-refractivity contribution in [2.75, 3.05) is 0 Å². The number of nitrogens with one attached hydrogen (secondary N) is 1. The van der Waals surface area contributed by atoms with Gasteiger partial charge in [-0.1, -0.05) is 18.2 Å². The number of primary amides is 1. The van der Waals surface area contributed by atoms with Crippen LogP contribution in [0.25, 0.3) is 0 Å². The van der Waals surface area contributed by atoms with E-state index in [1.165, 1.54) is 18.2 Å². The van der Waals surface area contributed by atoms with Crippen molar-refractivity contribution in [3.8, 4) is 0 Å². The number of hydrogen-bond donors (Lipinski definition) is 3. The minimum absolute atomic E-state index is 0.101. The maximum atomic E-state index is 13.4. The maximum Gasteiger partial charge on any atom is 0.312 e. The number of aliphatic carboxylic acids is 1. The predicted molar refractivity (Wildman–Crippen MR) is 54.1 cm³/mol. The minimum Gasteiger partial charge on any atom is -0.481 e. The summed E-state index contributed by atoms with van der Waals surface area (Å²) in [6.07, 6.45) is -0.427. The van der Waals surface area contributed by atoms with E-state index in [1.54, 1.807) is 6.07 Å². The van der Waals surface area contributed by atoms with Crippen LogP contribution in [-0.4, -0.2) is 17.1 Å². The Balaban J connectivity index is 2.96. The lowest BCUT2D eigenvalue weighted by atomic mass is 10.0. The molecule has 0 radical (unpaired) electrons. The number of carboxylic acid groups (broad SMARTS) is 1. The van der Waals surface area contributed by atoms with Crippen LogP contribution in [-0.2, 0) is 4.79 Å². The summed E-state index contributed by atoms with van der Waals surface area (Å²) in [5.74, 6) is -1.73. The lowest BCUT2D eigenvalue weighted by Gasteiger charge is -2.16. The van der Waals surface area contributed by atoms with Gasteiger partial charge in [-0.25, -0.2) is 9.18 Å².